The Morgan fingerprint density at radius 1 is 0.917 bits per heavy atom. The number of halogens is 1. The normalized spacial score (nSPS) is 17.7. The molecular weight excluding hydrogens is 459 g/mol. The van der Waals surface area contributed by atoms with Crippen LogP contribution in [-0.4, -0.2) is 48.8 Å². The summed E-state index contributed by atoms with van der Waals surface area (Å²) in [6, 6.07) is 17.5. The van der Waals surface area contributed by atoms with E-state index >= 15 is 0 Å². The molecule has 2 aliphatic rings. The molecule has 2 N–H and O–H groups in total. The summed E-state index contributed by atoms with van der Waals surface area (Å²) < 4.78 is 14.0. The number of amides is 3. The molecule has 2 aliphatic heterocycles. The molecular formula is C28H27FN4O3. The minimum absolute atomic E-state index is 0.0138. The molecule has 1 fully saturated rings. The van der Waals surface area contributed by atoms with Crippen molar-refractivity contribution >= 4 is 29.1 Å². The monoisotopic (exact) mass is 486 g/mol. The fourth-order valence-corrected chi connectivity index (χ4v) is 4.73. The van der Waals surface area contributed by atoms with E-state index in [0.29, 0.717) is 30.0 Å². The zero-order valence-electron chi connectivity index (χ0n) is 20.0. The van der Waals surface area contributed by atoms with Crippen LogP contribution in [0.1, 0.15) is 44.3 Å². The van der Waals surface area contributed by atoms with Gasteiger partial charge in [0.25, 0.3) is 11.8 Å². The highest BCUT2D eigenvalue weighted by Crippen LogP contribution is 2.40. The van der Waals surface area contributed by atoms with Gasteiger partial charge >= 0.3 is 0 Å². The van der Waals surface area contributed by atoms with Crippen molar-refractivity contribution in [3.8, 4) is 0 Å². The maximum Gasteiger partial charge on any atom is 0.259 e. The van der Waals surface area contributed by atoms with E-state index in [-0.39, 0.29) is 23.8 Å². The van der Waals surface area contributed by atoms with Crippen molar-refractivity contribution in [3.63, 3.8) is 0 Å². The predicted octanol–water partition coefficient (Wildman–Crippen LogP) is 3.91. The molecule has 0 aromatic heterocycles. The van der Waals surface area contributed by atoms with Crippen molar-refractivity contribution in [2.45, 2.75) is 19.4 Å². The summed E-state index contributed by atoms with van der Waals surface area (Å²) in [5.74, 6) is -1.35. The van der Waals surface area contributed by atoms with Gasteiger partial charge in [-0.2, -0.15) is 0 Å². The Morgan fingerprint density at radius 3 is 2.36 bits per heavy atom. The number of nitrogens with one attached hydrogen (secondary N) is 2. The summed E-state index contributed by atoms with van der Waals surface area (Å²) in [6.45, 7) is 4.61. The number of nitrogens with zero attached hydrogens (tertiary/aromatic N) is 2. The summed E-state index contributed by atoms with van der Waals surface area (Å²) in [7, 11) is 0. The van der Waals surface area contributed by atoms with Crippen molar-refractivity contribution < 1.29 is 18.8 Å². The van der Waals surface area contributed by atoms with E-state index in [4.69, 9.17) is 0 Å². The Hall–Kier alpha value is -4.04. The van der Waals surface area contributed by atoms with Crippen LogP contribution in [0.2, 0.25) is 0 Å². The summed E-state index contributed by atoms with van der Waals surface area (Å²) in [5.41, 5.74) is 3.28. The molecule has 0 spiro atoms. The van der Waals surface area contributed by atoms with Gasteiger partial charge in [0.2, 0.25) is 5.91 Å². The van der Waals surface area contributed by atoms with E-state index in [1.807, 2.05) is 31.2 Å². The van der Waals surface area contributed by atoms with Gasteiger partial charge in [0.05, 0.1) is 23.8 Å². The van der Waals surface area contributed by atoms with Crippen LogP contribution in [0.15, 0.2) is 66.7 Å². The topological polar surface area (TPSA) is 81.8 Å². The van der Waals surface area contributed by atoms with Crippen LogP contribution < -0.4 is 15.5 Å². The lowest BCUT2D eigenvalue weighted by molar-refractivity contribution is -0.116. The number of carbonyl (C=O) groups excluding carboxylic acids is 3. The number of fused-ring (bicyclic) bond motifs is 1. The van der Waals surface area contributed by atoms with Crippen molar-refractivity contribution in [2.24, 2.45) is 0 Å². The minimum Gasteiger partial charge on any atom is -0.336 e. The standard InChI is InChI=1S/C28H27FN4O3/c1-18-5-7-19(8-6-18)25-17-26(34)31-23-16-21(27(35)32-13-11-30-12-14-32)9-10-24(23)33(25)28(36)20-3-2-4-22(29)15-20/h2-10,15-16,25,30H,11-14,17H2,1H3,(H,31,34). The van der Waals surface area contributed by atoms with Crippen molar-refractivity contribution in [1.29, 1.82) is 0 Å². The molecule has 3 amide bonds. The third kappa shape index (κ3) is 4.72. The first kappa shape index (κ1) is 23.7. The first-order chi connectivity index (χ1) is 17.4. The van der Waals surface area contributed by atoms with Crippen LogP contribution in [0.5, 0.6) is 0 Å². The average molecular weight is 487 g/mol. The molecule has 2 heterocycles. The van der Waals surface area contributed by atoms with E-state index in [0.717, 1.165) is 24.2 Å². The molecule has 0 aliphatic carbocycles. The lowest BCUT2D eigenvalue weighted by Gasteiger charge is -2.31. The van der Waals surface area contributed by atoms with Crippen LogP contribution in [0.3, 0.4) is 0 Å². The number of anilines is 2. The molecule has 0 radical (unpaired) electrons. The summed E-state index contributed by atoms with van der Waals surface area (Å²) in [6.07, 6.45) is 0.0138. The second-order valence-corrected chi connectivity index (χ2v) is 9.14. The van der Waals surface area contributed by atoms with Crippen molar-refractivity contribution in [3.05, 3.63) is 94.8 Å². The molecule has 36 heavy (non-hydrogen) atoms. The highest BCUT2D eigenvalue weighted by atomic mass is 19.1. The number of hydrogen-bond acceptors (Lipinski definition) is 4. The Labute approximate surface area is 208 Å². The third-order valence-electron chi connectivity index (χ3n) is 6.62. The highest BCUT2D eigenvalue weighted by Gasteiger charge is 2.35. The zero-order chi connectivity index (χ0) is 25.2. The lowest BCUT2D eigenvalue weighted by Crippen LogP contribution is -2.46. The highest BCUT2D eigenvalue weighted by molar-refractivity contribution is 6.12. The van der Waals surface area contributed by atoms with Gasteiger partial charge in [-0.05, 0) is 48.9 Å². The summed E-state index contributed by atoms with van der Waals surface area (Å²) in [5, 5.41) is 6.11. The molecule has 1 saturated heterocycles. The fourth-order valence-electron chi connectivity index (χ4n) is 4.73. The molecule has 8 heteroatoms. The Balaban J connectivity index is 1.60. The second-order valence-electron chi connectivity index (χ2n) is 9.14. The van der Waals surface area contributed by atoms with Crippen LogP contribution in [0, 0.1) is 12.7 Å². The Kier molecular flexibility index (Phi) is 6.52. The number of benzene rings is 3. The zero-order valence-corrected chi connectivity index (χ0v) is 20.0. The number of hydrogen-bond donors (Lipinski definition) is 2. The van der Waals surface area contributed by atoms with Crippen LogP contribution in [-0.2, 0) is 4.79 Å². The van der Waals surface area contributed by atoms with Crippen molar-refractivity contribution in [2.75, 3.05) is 36.4 Å². The quantitative estimate of drug-likeness (QED) is 0.588. The molecule has 3 aromatic carbocycles. The van der Waals surface area contributed by atoms with Crippen molar-refractivity contribution in [1.82, 2.24) is 10.2 Å². The lowest BCUT2D eigenvalue weighted by atomic mass is 9.98. The number of carbonyl (C=O) groups is 3. The van der Waals surface area contributed by atoms with E-state index in [9.17, 15) is 18.8 Å². The molecule has 3 aromatic rings. The summed E-state index contributed by atoms with van der Waals surface area (Å²) in [4.78, 5) is 43.3. The van der Waals surface area contributed by atoms with E-state index in [1.54, 1.807) is 29.2 Å². The SMILES string of the molecule is Cc1ccc(C2CC(=O)Nc3cc(C(=O)N4CCNCC4)ccc3N2C(=O)c2cccc(F)c2)cc1. The van der Waals surface area contributed by atoms with Gasteiger partial charge in [-0.25, -0.2) is 4.39 Å². The van der Waals surface area contributed by atoms with E-state index in [2.05, 4.69) is 10.6 Å². The number of rotatable bonds is 3. The van der Waals surface area contributed by atoms with Crippen LogP contribution in [0.25, 0.3) is 0 Å². The number of aryl methyl sites for hydroxylation is 1. The fraction of sp³-hybridized carbons (Fsp3) is 0.250. The average Bonchev–Trinajstić information content (AvgIpc) is 3.04. The second kappa shape index (κ2) is 9.91. The molecule has 0 saturated carbocycles. The Bertz CT molecular complexity index is 1320. The van der Waals surface area contributed by atoms with Gasteiger partial charge in [-0.3, -0.25) is 19.3 Å². The molecule has 7 nitrogen and oxygen atoms in total. The maximum absolute atomic E-state index is 14.0. The van der Waals surface area contributed by atoms with Gasteiger partial charge in [0, 0.05) is 37.3 Å². The minimum atomic E-state index is -0.614. The van der Waals surface area contributed by atoms with E-state index in [1.165, 1.54) is 23.1 Å². The van der Waals surface area contributed by atoms with Gasteiger partial charge in [-0.15, -0.1) is 0 Å². The summed E-state index contributed by atoms with van der Waals surface area (Å²) >= 11 is 0. The maximum atomic E-state index is 14.0. The third-order valence-corrected chi connectivity index (χ3v) is 6.62. The molecule has 1 unspecified atom stereocenters. The van der Waals surface area contributed by atoms with Crippen LogP contribution in [0.4, 0.5) is 15.8 Å². The smallest absolute Gasteiger partial charge is 0.259 e. The molecule has 184 valence electrons. The largest absolute Gasteiger partial charge is 0.336 e. The molecule has 0 bridgehead atoms. The van der Waals surface area contributed by atoms with Crippen LogP contribution >= 0.6 is 0 Å². The molecule has 5 rings (SSSR count). The van der Waals surface area contributed by atoms with E-state index < -0.39 is 17.8 Å². The van der Waals surface area contributed by atoms with Gasteiger partial charge in [0.1, 0.15) is 5.82 Å². The predicted molar refractivity (Wildman–Crippen MR) is 136 cm³/mol. The molecule has 1 atom stereocenters. The first-order valence-corrected chi connectivity index (χ1v) is 12.0. The van der Waals surface area contributed by atoms with Gasteiger partial charge in [-0.1, -0.05) is 35.9 Å². The number of piperazine rings is 1. The van der Waals surface area contributed by atoms with Gasteiger partial charge in [0.15, 0.2) is 0 Å². The Morgan fingerprint density at radius 2 is 1.64 bits per heavy atom. The first-order valence-electron chi connectivity index (χ1n) is 12.0. The van der Waals surface area contributed by atoms with Gasteiger partial charge < -0.3 is 15.5 Å².